The van der Waals surface area contributed by atoms with E-state index in [4.69, 9.17) is 0 Å². The number of aliphatic hydroxyl groups is 1. The molecule has 2 saturated heterocycles. The first-order valence-electron chi connectivity index (χ1n) is 12.8. The van der Waals surface area contributed by atoms with E-state index in [1.54, 1.807) is 17.5 Å². The van der Waals surface area contributed by atoms with Gasteiger partial charge in [0.05, 0.1) is 35.0 Å². The predicted molar refractivity (Wildman–Crippen MR) is 142 cm³/mol. The Balaban J connectivity index is 1.45. The molecular formula is C28H29N5O3S. The number of hydrogen-bond acceptors (Lipinski definition) is 8. The number of fused-ring (bicyclic) bond motifs is 2. The lowest BCUT2D eigenvalue weighted by molar-refractivity contribution is -0.138. The second-order valence-electron chi connectivity index (χ2n) is 10.6. The first kappa shape index (κ1) is 24.0. The Hall–Kier alpha value is -3.32. The Morgan fingerprint density at radius 1 is 1.22 bits per heavy atom. The molecule has 0 unspecified atom stereocenters. The number of carbonyl (C=O) groups is 2. The largest absolute Gasteiger partial charge is 0.394 e. The number of aryl methyl sites for hydroxylation is 1. The quantitative estimate of drug-likeness (QED) is 0.502. The third kappa shape index (κ3) is 4.19. The average Bonchev–Trinajstić information content (AvgIpc) is 3.61. The number of amides is 2. The van der Waals surface area contributed by atoms with Gasteiger partial charge in [-0.2, -0.15) is 5.26 Å². The Morgan fingerprint density at radius 3 is 2.76 bits per heavy atom. The number of likely N-dealkylation sites (tertiary alicyclic amines) is 1. The van der Waals surface area contributed by atoms with Gasteiger partial charge in [-0.25, -0.2) is 0 Å². The van der Waals surface area contributed by atoms with Gasteiger partial charge in [-0.05, 0) is 56.0 Å². The summed E-state index contributed by atoms with van der Waals surface area (Å²) < 4.78 is 0.990. The van der Waals surface area contributed by atoms with Crippen molar-refractivity contribution in [3.8, 4) is 17.2 Å². The van der Waals surface area contributed by atoms with Crippen LogP contribution in [0.25, 0.3) is 21.3 Å². The second kappa shape index (κ2) is 9.21. The van der Waals surface area contributed by atoms with Crippen molar-refractivity contribution in [3.05, 3.63) is 46.5 Å². The second-order valence-corrected chi connectivity index (χ2v) is 11.7. The SMILES string of the molecule is C[C@]1(CO)C[C@H](N2CCCc3cc(C#N)cc(-c4ccnc5cc(CN6C(=O)CCC6=O)sc45)c32)CN1. The van der Waals surface area contributed by atoms with E-state index < -0.39 is 0 Å². The molecule has 2 amide bonds. The first-order valence-corrected chi connectivity index (χ1v) is 13.6. The molecule has 0 aliphatic carbocycles. The smallest absolute Gasteiger partial charge is 0.230 e. The lowest BCUT2D eigenvalue weighted by atomic mass is 9.89. The monoisotopic (exact) mass is 515 g/mol. The Morgan fingerprint density at radius 2 is 2.03 bits per heavy atom. The zero-order valence-electron chi connectivity index (χ0n) is 20.8. The van der Waals surface area contributed by atoms with Gasteiger partial charge in [-0.3, -0.25) is 19.5 Å². The molecule has 0 bridgehead atoms. The topological polar surface area (TPSA) is 110 Å². The number of imide groups is 1. The summed E-state index contributed by atoms with van der Waals surface area (Å²) in [6.45, 7) is 4.14. The molecular weight excluding hydrogens is 486 g/mol. The number of aromatic nitrogens is 1. The van der Waals surface area contributed by atoms with E-state index >= 15 is 0 Å². The number of nitrogens with zero attached hydrogens (tertiary/aromatic N) is 4. The Kier molecular flexibility index (Phi) is 5.98. The lowest BCUT2D eigenvalue weighted by Gasteiger charge is -2.38. The number of pyridine rings is 1. The molecule has 5 heterocycles. The van der Waals surface area contributed by atoms with E-state index in [0.717, 1.165) is 64.3 Å². The van der Waals surface area contributed by atoms with E-state index in [0.29, 0.717) is 5.56 Å². The fourth-order valence-corrected chi connectivity index (χ4v) is 7.14. The number of rotatable bonds is 5. The van der Waals surface area contributed by atoms with Gasteiger partial charge in [0.15, 0.2) is 0 Å². The maximum Gasteiger partial charge on any atom is 0.230 e. The van der Waals surface area contributed by atoms with Crippen LogP contribution in [0, 0.1) is 11.3 Å². The molecule has 37 heavy (non-hydrogen) atoms. The minimum absolute atomic E-state index is 0.0927. The molecule has 2 atom stereocenters. The van der Waals surface area contributed by atoms with Crippen LogP contribution in [0.4, 0.5) is 5.69 Å². The van der Waals surface area contributed by atoms with Crippen LogP contribution in [0.3, 0.4) is 0 Å². The summed E-state index contributed by atoms with van der Waals surface area (Å²) in [5, 5.41) is 23.3. The highest BCUT2D eigenvalue weighted by molar-refractivity contribution is 7.19. The third-order valence-corrected chi connectivity index (χ3v) is 9.05. The van der Waals surface area contributed by atoms with Crippen molar-refractivity contribution in [2.75, 3.05) is 24.6 Å². The highest BCUT2D eigenvalue weighted by Gasteiger charge is 2.39. The summed E-state index contributed by atoms with van der Waals surface area (Å²) in [4.78, 5) is 33.7. The molecule has 3 aliphatic rings. The Bertz CT molecular complexity index is 1440. The van der Waals surface area contributed by atoms with Crippen LogP contribution in [0.5, 0.6) is 0 Å². The fraction of sp³-hybridized carbons (Fsp3) is 0.429. The minimum Gasteiger partial charge on any atom is -0.394 e. The van der Waals surface area contributed by atoms with Gasteiger partial charge in [-0.15, -0.1) is 11.3 Å². The third-order valence-electron chi connectivity index (χ3n) is 7.91. The molecule has 8 nitrogen and oxygen atoms in total. The van der Waals surface area contributed by atoms with Crippen LogP contribution >= 0.6 is 11.3 Å². The van der Waals surface area contributed by atoms with Crippen molar-refractivity contribution in [2.24, 2.45) is 0 Å². The summed E-state index contributed by atoms with van der Waals surface area (Å²) in [7, 11) is 0. The maximum absolute atomic E-state index is 12.2. The Labute approximate surface area is 219 Å². The van der Waals surface area contributed by atoms with E-state index in [1.807, 2.05) is 24.3 Å². The highest BCUT2D eigenvalue weighted by atomic mass is 32.1. The van der Waals surface area contributed by atoms with E-state index in [2.05, 4.69) is 28.2 Å². The molecule has 6 rings (SSSR count). The molecule has 0 spiro atoms. The zero-order chi connectivity index (χ0) is 25.7. The van der Waals surface area contributed by atoms with Gasteiger partial charge in [0, 0.05) is 65.4 Å². The number of nitriles is 1. The van der Waals surface area contributed by atoms with Gasteiger partial charge >= 0.3 is 0 Å². The van der Waals surface area contributed by atoms with Gasteiger partial charge in [-0.1, -0.05) is 0 Å². The van der Waals surface area contributed by atoms with Gasteiger partial charge in [0.2, 0.25) is 11.8 Å². The normalized spacial score (nSPS) is 23.6. The fourth-order valence-electron chi connectivity index (χ4n) is 6.01. The lowest BCUT2D eigenvalue weighted by Crippen LogP contribution is -2.41. The molecule has 9 heteroatoms. The van der Waals surface area contributed by atoms with Gasteiger partial charge in [0.1, 0.15) is 0 Å². The van der Waals surface area contributed by atoms with E-state index in [-0.39, 0.29) is 49.4 Å². The molecule has 190 valence electrons. The van der Waals surface area contributed by atoms with Crippen LogP contribution in [-0.4, -0.2) is 58.1 Å². The summed E-state index contributed by atoms with van der Waals surface area (Å²) in [6, 6.07) is 10.6. The van der Waals surface area contributed by atoms with Crippen LogP contribution in [0.15, 0.2) is 30.5 Å². The number of anilines is 1. The predicted octanol–water partition coefficient (Wildman–Crippen LogP) is 3.35. The summed E-state index contributed by atoms with van der Waals surface area (Å²) in [5.74, 6) is -0.246. The first-order chi connectivity index (χ1) is 17.9. The molecule has 1 aromatic carbocycles. The van der Waals surface area contributed by atoms with Crippen LogP contribution in [0.2, 0.25) is 0 Å². The highest BCUT2D eigenvalue weighted by Crippen LogP contribution is 2.44. The molecule has 2 N–H and O–H groups in total. The number of nitrogens with one attached hydrogen (secondary N) is 1. The van der Waals surface area contributed by atoms with Crippen LogP contribution < -0.4 is 10.2 Å². The minimum atomic E-state index is -0.300. The van der Waals surface area contributed by atoms with Crippen LogP contribution in [0.1, 0.15) is 48.6 Å². The molecule has 3 aromatic rings. The number of aliphatic hydroxyl groups excluding tert-OH is 1. The van der Waals surface area contributed by atoms with Crippen LogP contribution in [-0.2, 0) is 22.6 Å². The van der Waals surface area contributed by atoms with Crippen molar-refractivity contribution in [2.45, 2.75) is 57.2 Å². The molecule has 0 radical (unpaired) electrons. The van der Waals surface area contributed by atoms with E-state index in [1.165, 1.54) is 10.5 Å². The molecule has 2 fully saturated rings. The number of hydrogen-bond donors (Lipinski definition) is 2. The summed E-state index contributed by atoms with van der Waals surface area (Å²) in [6.07, 6.45) is 5.12. The van der Waals surface area contributed by atoms with Crippen molar-refractivity contribution in [1.29, 1.82) is 5.26 Å². The molecule has 0 saturated carbocycles. The van der Waals surface area contributed by atoms with Gasteiger partial charge in [0.25, 0.3) is 0 Å². The summed E-state index contributed by atoms with van der Waals surface area (Å²) >= 11 is 1.56. The molecule has 2 aromatic heterocycles. The summed E-state index contributed by atoms with van der Waals surface area (Å²) in [5.41, 5.74) is 5.52. The maximum atomic E-state index is 12.2. The number of thiophene rings is 1. The molecule has 3 aliphatic heterocycles. The average molecular weight is 516 g/mol. The van der Waals surface area contributed by atoms with Crippen molar-refractivity contribution in [1.82, 2.24) is 15.2 Å². The van der Waals surface area contributed by atoms with E-state index in [9.17, 15) is 20.0 Å². The standard InChI is InChI=1S/C28H29N5O3S/c1-28(16-34)12-19(14-31-28)32-8-2-3-18-9-17(13-29)10-22(26(18)32)21-6-7-30-23-11-20(37-27(21)23)15-33-24(35)4-5-25(33)36/h6-7,9-11,19,31,34H,2-5,8,12,14-16H2,1H3/t19-,28+/m0/s1. The number of benzene rings is 1. The van der Waals surface area contributed by atoms with Gasteiger partial charge < -0.3 is 15.3 Å². The van der Waals surface area contributed by atoms with Crippen molar-refractivity contribution in [3.63, 3.8) is 0 Å². The van der Waals surface area contributed by atoms with Crippen molar-refractivity contribution < 1.29 is 14.7 Å². The zero-order valence-corrected chi connectivity index (χ0v) is 21.6. The number of carbonyl (C=O) groups excluding carboxylic acids is 2. The van der Waals surface area contributed by atoms with Crippen molar-refractivity contribution >= 4 is 39.1 Å².